The molecule has 2 aliphatic heterocycles. The molecule has 0 spiro atoms. The highest BCUT2D eigenvalue weighted by Crippen LogP contribution is 2.56. The molecule has 4 amide bonds. The van der Waals surface area contributed by atoms with Crippen LogP contribution in [0.4, 0.5) is 9.59 Å². The van der Waals surface area contributed by atoms with Gasteiger partial charge in [-0.25, -0.2) is 19.6 Å². The molecule has 14 nitrogen and oxygen atoms in total. The lowest BCUT2D eigenvalue weighted by molar-refractivity contribution is -0.136. The van der Waals surface area contributed by atoms with E-state index >= 15 is 0 Å². The lowest BCUT2D eigenvalue weighted by Crippen LogP contribution is -2.51. The Balaban J connectivity index is 1.01. The van der Waals surface area contributed by atoms with Gasteiger partial charge in [-0.1, -0.05) is 64.1 Å². The van der Waals surface area contributed by atoms with Gasteiger partial charge in [0.25, 0.3) is 0 Å². The number of aromatic amines is 2. The van der Waals surface area contributed by atoms with Crippen LogP contribution in [0.5, 0.6) is 0 Å². The van der Waals surface area contributed by atoms with Gasteiger partial charge < -0.3 is 39.9 Å². The molecule has 3 fully saturated rings. The smallest absolute Gasteiger partial charge is 0.407 e. The summed E-state index contributed by atoms with van der Waals surface area (Å²) in [6.45, 7) is 8.87. The molecule has 6 atom stereocenters. The first kappa shape index (κ1) is 40.1. The van der Waals surface area contributed by atoms with Gasteiger partial charge in [-0.2, -0.15) is 0 Å². The maximum absolute atomic E-state index is 13.8. The predicted molar refractivity (Wildman–Crippen MR) is 222 cm³/mol. The third kappa shape index (κ3) is 7.57. The Hall–Kier alpha value is -5.66. The zero-order chi connectivity index (χ0) is 41.5. The van der Waals surface area contributed by atoms with Crippen molar-refractivity contribution in [3.8, 4) is 33.6 Å². The number of hydrogen-bond donors (Lipinski definition) is 4. The monoisotopic (exact) mass is 804 g/mol. The second-order valence-corrected chi connectivity index (χ2v) is 17.2. The summed E-state index contributed by atoms with van der Waals surface area (Å²) in [4.78, 5) is 71.9. The highest BCUT2D eigenvalue weighted by atomic mass is 16.5. The average molecular weight is 805 g/mol. The minimum atomic E-state index is -0.685. The number of benzene rings is 2. The van der Waals surface area contributed by atoms with Crippen LogP contribution in [-0.4, -0.2) is 93.1 Å². The highest BCUT2D eigenvalue weighted by Gasteiger charge is 2.43. The fraction of sp³-hybridized carbons (Fsp3) is 0.511. The Morgan fingerprint density at radius 2 is 1.19 bits per heavy atom. The SMILES string of the molecule is COC(=O)NC(C(=O)N1CCC[C@H]1c1ncc(-c2ccc(-c3ccc(-c4cnc([C@@H]5CCCN5C(=O)C(NC(=O)OC)C(C)C)[nH]4)c4c3C3CCC3C4)cc2)[nH]1)C(C)C. The van der Waals surface area contributed by atoms with Crippen molar-refractivity contribution in [1.82, 2.24) is 40.4 Å². The number of methoxy groups -OCH3 is 2. The summed E-state index contributed by atoms with van der Waals surface area (Å²) in [6, 6.07) is 11.3. The number of H-pyrrole nitrogens is 2. The molecule has 4 heterocycles. The van der Waals surface area contributed by atoms with Crippen molar-refractivity contribution in [3.63, 3.8) is 0 Å². The van der Waals surface area contributed by atoms with Crippen molar-refractivity contribution >= 4 is 24.0 Å². The summed E-state index contributed by atoms with van der Waals surface area (Å²) in [5.41, 5.74) is 9.27. The number of nitrogens with one attached hydrogen (secondary N) is 4. The van der Waals surface area contributed by atoms with Crippen LogP contribution in [0.2, 0.25) is 0 Å². The Bertz CT molecular complexity index is 2210. The van der Waals surface area contributed by atoms with Crippen molar-refractivity contribution in [2.75, 3.05) is 27.3 Å². The third-order valence-electron chi connectivity index (χ3n) is 13.1. The Morgan fingerprint density at radius 1 is 0.678 bits per heavy atom. The van der Waals surface area contributed by atoms with E-state index in [2.05, 4.69) is 57.0 Å². The molecule has 4 aliphatic rings. The molecule has 2 aromatic carbocycles. The summed E-state index contributed by atoms with van der Waals surface area (Å²) in [5, 5.41) is 5.45. The Kier molecular flexibility index (Phi) is 11.2. The van der Waals surface area contributed by atoms with E-state index in [1.807, 2.05) is 49.9 Å². The van der Waals surface area contributed by atoms with Gasteiger partial charge in [-0.05, 0) is 96.4 Å². The van der Waals surface area contributed by atoms with Gasteiger partial charge in [0.1, 0.15) is 23.7 Å². The van der Waals surface area contributed by atoms with Gasteiger partial charge in [0.15, 0.2) is 0 Å². The molecule has 0 bridgehead atoms. The molecule has 2 saturated heterocycles. The Morgan fingerprint density at radius 3 is 1.69 bits per heavy atom. The number of carbonyl (C=O) groups is 4. The number of aromatic nitrogens is 4. The summed E-state index contributed by atoms with van der Waals surface area (Å²) < 4.78 is 9.59. The molecule has 14 heteroatoms. The van der Waals surface area contributed by atoms with Crippen LogP contribution in [0.25, 0.3) is 33.6 Å². The summed E-state index contributed by atoms with van der Waals surface area (Å²) in [6.07, 6.45) is 9.27. The fourth-order valence-electron chi connectivity index (χ4n) is 9.78. The molecular weight excluding hydrogens is 749 g/mol. The number of carbonyl (C=O) groups excluding carboxylic acids is 4. The van der Waals surface area contributed by atoms with Gasteiger partial charge in [0.05, 0.1) is 50.1 Å². The number of amides is 4. The molecule has 4 N–H and O–H groups in total. The number of fused-ring (bicyclic) bond motifs is 3. The quantitative estimate of drug-likeness (QED) is 0.122. The van der Waals surface area contributed by atoms with Crippen LogP contribution in [0.15, 0.2) is 48.8 Å². The van der Waals surface area contributed by atoms with E-state index in [9.17, 15) is 19.2 Å². The van der Waals surface area contributed by atoms with Gasteiger partial charge in [-0.15, -0.1) is 0 Å². The minimum absolute atomic E-state index is 0.101. The summed E-state index contributed by atoms with van der Waals surface area (Å²) >= 11 is 0. The van der Waals surface area contributed by atoms with Crippen LogP contribution < -0.4 is 10.6 Å². The zero-order valence-electron chi connectivity index (χ0n) is 34.8. The van der Waals surface area contributed by atoms with E-state index in [-0.39, 0.29) is 35.7 Å². The first-order valence-corrected chi connectivity index (χ1v) is 21.1. The zero-order valence-corrected chi connectivity index (χ0v) is 34.8. The van der Waals surface area contributed by atoms with Crippen molar-refractivity contribution in [2.24, 2.45) is 17.8 Å². The molecule has 1 saturated carbocycles. The van der Waals surface area contributed by atoms with Gasteiger partial charge in [0, 0.05) is 18.7 Å². The Labute approximate surface area is 345 Å². The number of hydrogen-bond acceptors (Lipinski definition) is 8. The normalized spacial score (nSPS) is 21.8. The van der Waals surface area contributed by atoms with E-state index in [0.717, 1.165) is 60.7 Å². The maximum Gasteiger partial charge on any atom is 0.407 e. The first-order chi connectivity index (χ1) is 28.5. The second kappa shape index (κ2) is 16.5. The first-order valence-electron chi connectivity index (χ1n) is 21.1. The summed E-state index contributed by atoms with van der Waals surface area (Å²) in [5.74, 6) is 2.23. The standard InChI is InChI=1S/C45H56N8O6/c1-24(2)38(50-44(56)58-5)42(54)52-19-7-9-35(52)40-46-22-33(48-40)27-13-11-26(12-14-27)29-17-18-31(32-21-28-15-16-30(28)37(29)32)34-23-47-41(49-34)36-10-8-20-53(36)43(55)39(25(3)4)51-45(57)59-6/h11-14,17-18,22-25,28,30,35-36,38-39H,7-10,15-16,19-21H2,1-6H3,(H,46,48)(H,47,49)(H,50,56)(H,51,57)/t28?,30?,35-,36-,38?,39?/m0/s1. The fourth-order valence-corrected chi connectivity index (χ4v) is 9.78. The van der Waals surface area contributed by atoms with Gasteiger partial charge in [0.2, 0.25) is 11.8 Å². The molecular formula is C45H56N8O6. The molecule has 4 aromatic rings. The average Bonchev–Trinajstić information content (AvgIpc) is 4.08. The third-order valence-corrected chi connectivity index (χ3v) is 13.1. The maximum atomic E-state index is 13.8. The predicted octanol–water partition coefficient (Wildman–Crippen LogP) is 7.27. The number of rotatable bonds is 11. The number of nitrogens with zero attached hydrogens (tertiary/aromatic N) is 4. The molecule has 8 rings (SSSR count). The van der Waals surface area contributed by atoms with Crippen LogP contribution in [0, 0.1) is 17.8 Å². The van der Waals surface area contributed by atoms with Crippen LogP contribution in [-0.2, 0) is 25.5 Å². The molecule has 2 aromatic heterocycles. The number of imidazole rings is 2. The van der Waals surface area contributed by atoms with Crippen molar-refractivity contribution in [3.05, 3.63) is 71.6 Å². The van der Waals surface area contributed by atoms with Crippen LogP contribution in [0.1, 0.15) is 107 Å². The highest BCUT2D eigenvalue weighted by molar-refractivity contribution is 5.87. The van der Waals surface area contributed by atoms with Crippen LogP contribution in [0.3, 0.4) is 0 Å². The van der Waals surface area contributed by atoms with Crippen molar-refractivity contribution in [1.29, 1.82) is 0 Å². The minimum Gasteiger partial charge on any atom is -0.453 e. The number of alkyl carbamates (subject to hydrolysis) is 2. The lowest BCUT2D eigenvalue weighted by Gasteiger charge is -2.31. The molecule has 59 heavy (non-hydrogen) atoms. The number of ether oxygens (including phenoxy) is 2. The van der Waals surface area contributed by atoms with E-state index < -0.39 is 24.3 Å². The lowest BCUT2D eigenvalue weighted by atomic mass is 9.73. The largest absolute Gasteiger partial charge is 0.453 e. The molecule has 0 radical (unpaired) electrons. The molecule has 312 valence electrons. The molecule has 4 unspecified atom stereocenters. The van der Waals surface area contributed by atoms with E-state index in [1.54, 1.807) is 0 Å². The van der Waals surface area contributed by atoms with Gasteiger partial charge in [-0.3, -0.25) is 9.59 Å². The topological polar surface area (TPSA) is 175 Å². The van der Waals surface area contributed by atoms with E-state index in [0.29, 0.717) is 24.9 Å². The van der Waals surface area contributed by atoms with Crippen molar-refractivity contribution < 1.29 is 28.7 Å². The second-order valence-electron chi connectivity index (χ2n) is 17.2. The van der Waals surface area contributed by atoms with E-state index in [4.69, 9.17) is 19.4 Å². The van der Waals surface area contributed by atoms with Crippen molar-refractivity contribution in [2.45, 2.75) is 103 Å². The van der Waals surface area contributed by atoms with Gasteiger partial charge >= 0.3 is 12.2 Å². The number of likely N-dealkylation sites (tertiary alicyclic amines) is 2. The van der Waals surface area contributed by atoms with E-state index in [1.165, 1.54) is 54.9 Å². The summed E-state index contributed by atoms with van der Waals surface area (Å²) in [7, 11) is 2.60. The van der Waals surface area contributed by atoms with Crippen LogP contribution >= 0.6 is 0 Å². The molecule has 2 aliphatic carbocycles.